The molecule has 162 valence electrons. The molecule has 0 atom stereocenters. The van der Waals surface area contributed by atoms with Crippen molar-refractivity contribution in [2.24, 2.45) is 0 Å². The highest BCUT2D eigenvalue weighted by Crippen LogP contribution is 2.38. The first-order valence-corrected chi connectivity index (χ1v) is 10.7. The van der Waals surface area contributed by atoms with Crippen LogP contribution in [0.4, 0.5) is 4.79 Å². The summed E-state index contributed by atoms with van der Waals surface area (Å²) in [5, 5.41) is 0. The number of para-hydroxylation sites is 1. The Labute approximate surface area is 182 Å². The Bertz CT molecular complexity index is 940. The molecule has 4 rings (SSSR count). The molecule has 2 fully saturated rings. The number of imide groups is 1. The van der Waals surface area contributed by atoms with Gasteiger partial charge in [0.1, 0.15) is 11.3 Å². The number of nitrogens with zero attached hydrogens (tertiary/aromatic N) is 3. The van der Waals surface area contributed by atoms with Crippen LogP contribution in [-0.4, -0.2) is 64.3 Å². The van der Waals surface area contributed by atoms with Crippen LogP contribution in [0.3, 0.4) is 0 Å². The largest absolute Gasteiger partial charge is 0.484 e. The van der Waals surface area contributed by atoms with Crippen LogP contribution in [0.2, 0.25) is 0 Å². The van der Waals surface area contributed by atoms with Gasteiger partial charge in [0, 0.05) is 26.2 Å². The summed E-state index contributed by atoms with van der Waals surface area (Å²) in [7, 11) is 0. The summed E-state index contributed by atoms with van der Waals surface area (Å²) in [5.74, 6) is 0.384. The van der Waals surface area contributed by atoms with E-state index in [1.54, 1.807) is 9.80 Å². The quantitative estimate of drug-likeness (QED) is 0.673. The first kappa shape index (κ1) is 20.9. The van der Waals surface area contributed by atoms with Crippen LogP contribution in [0.15, 0.2) is 60.7 Å². The van der Waals surface area contributed by atoms with Crippen LogP contribution in [0, 0.1) is 0 Å². The highest BCUT2D eigenvalue weighted by atomic mass is 16.5. The van der Waals surface area contributed by atoms with E-state index >= 15 is 0 Å². The molecule has 7 nitrogen and oxygen atoms in total. The van der Waals surface area contributed by atoms with Crippen molar-refractivity contribution in [3.05, 3.63) is 66.2 Å². The minimum Gasteiger partial charge on any atom is -0.484 e. The van der Waals surface area contributed by atoms with Gasteiger partial charge < -0.3 is 14.5 Å². The molecule has 7 heteroatoms. The molecule has 2 heterocycles. The number of rotatable bonds is 6. The number of hydrogen-bond acceptors (Lipinski definition) is 4. The average molecular weight is 421 g/mol. The minimum absolute atomic E-state index is 0.0430. The van der Waals surface area contributed by atoms with Gasteiger partial charge in [-0.05, 0) is 37.5 Å². The fourth-order valence-electron chi connectivity index (χ4n) is 4.41. The number of urea groups is 1. The van der Waals surface area contributed by atoms with Crippen molar-refractivity contribution in [2.75, 3.05) is 26.2 Å². The molecular weight excluding hydrogens is 394 g/mol. The molecule has 31 heavy (non-hydrogen) atoms. The second-order valence-electron chi connectivity index (χ2n) is 7.92. The monoisotopic (exact) mass is 421 g/mol. The molecule has 2 saturated heterocycles. The third-order valence-corrected chi connectivity index (χ3v) is 6.17. The second kappa shape index (κ2) is 8.79. The standard InChI is InChI=1S/C24H27N3O4/c1-2-26-22(29)24(27(23(26)30)17-19-9-5-3-6-10-19)13-15-25(16-14-24)21(28)18-31-20-11-7-4-8-12-20/h3-12H,2,13-18H2,1H3. The van der Waals surface area contributed by atoms with Crippen LogP contribution < -0.4 is 4.74 Å². The molecule has 2 aliphatic rings. The molecule has 0 aromatic heterocycles. The Morgan fingerprint density at radius 1 is 0.968 bits per heavy atom. The fourth-order valence-corrected chi connectivity index (χ4v) is 4.41. The Morgan fingerprint density at radius 2 is 1.58 bits per heavy atom. The van der Waals surface area contributed by atoms with Crippen LogP contribution in [-0.2, 0) is 16.1 Å². The van der Waals surface area contributed by atoms with Crippen LogP contribution in [0.25, 0.3) is 0 Å². The minimum atomic E-state index is -0.889. The van der Waals surface area contributed by atoms with Gasteiger partial charge in [-0.25, -0.2) is 4.79 Å². The molecule has 2 aromatic carbocycles. The molecule has 0 radical (unpaired) electrons. The van der Waals surface area contributed by atoms with Crippen molar-refractivity contribution in [3.63, 3.8) is 0 Å². The van der Waals surface area contributed by atoms with Gasteiger partial charge in [0.15, 0.2) is 6.61 Å². The van der Waals surface area contributed by atoms with Gasteiger partial charge in [0.05, 0.1) is 0 Å². The Hall–Kier alpha value is -3.35. The summed E-state index contributed by atoms with van der Waals surface area (Å²) in [6, 6.07) is 18.7. The molecule has 0 saturated carbocycles. The number of benzene rings is 2. The summed E-state index contributed by atoms with van der Waals surface area (Å²) in [5.41, 5.74) is 0.0933. The number of amides is 4. The predicted molar refractivity (Wildman–Crippen MR) is 115 cm³/mol. The fraction of sp³-hybridized carbons (Fsp3) is 0.375. The molecule has 0 N–H and O–H groups in total. The maximum atomic E-state index is 13.2. The Kier molecular flexibility index (Phi) is 5.93. The number of likely N-dealkylation sites (N-methyl/N-ethyl adjacent to an activating group) is 1. The normalized spacial score (nSPS) is 18.0. The third kappa shape index (κ3) is 4.00. The van der Waals surface area contributed by atoms with Crippen molar-refractivity contribution in [2.45, 2.75) is 31.8 Å². The predicted octanol–water partition coefficient (Wildman–Crippen LogP) is 2.91. The first-order chi connectivity index (χ1) is 15.0. The molecule has 2 aromatic rings. The van der Waals surface area contributed by atoms with Crippen molar-refractivity contribution in [1.82, 2.24) is 14.7 Å². The summed E-state index contributed by atoms with van der Waals surface area (Å²) in [4.78, 5) is 43.7. The maximum Gasteiger partial charge on any atom is 0.327 e. The van der Waals surface area contributed by atoms with Gasteiger partial charge in [0.25, 0.3) is 11.8 Å². The average Bonchev–Trinajstić information content (AvgIpc) is 3.00. The van der Waals surface area contributed by atoms with Gasteiger partial charge in [-0.15, -0.1) is 0 Å². The number of hydrogen-bond donors (Lipinski definition) is 0. The second-order valence-corrected chi connectivity index (χ2v) is 7.92. The number of carbonyl (C=O) groups is 3. The van der Waals surface area contributed by atoms with Crippen molar-refractivity contribution in [1.29, 1.82) is 0 Å². The number of piperidine rings is 1. The summed E-state index contributed by atoms with van der Waals surface area (Å²) < 4.78 is 5.58. The van der Waals surface area contributed by atoms with Gasteiger partial charge in [-0.3, -0.25) is 14.5 Å². The lowest BCUT2D eigenvalue weighted by molar-refractivity contribution is -0.142. The topological polar surface area (TPSA) is 70.2 Å². The summed E-state index contributed by atoms with van der Waals surface area (Å²) in [6.45, 7) is 3.33. The Morgan fingerprint density at radius 3 is 2.19 bits per heavy atom. The van der Waals surface area contributed by atoms with Gasteiger partial charge in [-0.1, -0.05) is 48.5 Å². The van der Waals surface area contributed by atoms with E-state index in [-0.39, 0.29) is 24.5 Å². The third-order valence-electron chi connectivity index (χ3n) is 6.17. The van der Waals surface area contributed by atoms with E-state index in [0.717, 1.165) is 5.56 Å². The number of likely N-dealkylation sites (tertiary alicyclic amines) is 1. The number of carbonyl (C=O) groups excluding carboxylic acids is 3. The van der Waals surface area contributed by atoms with Gasteiger partial charge in [-0.2, -0.15) is 0 Å². The summed E-state index contributed by atoms with van der Waals surface area (Å²) in [6.07, 6.45) is 0.857. The van der Waals surface area contributed by atoms with E-state index in [1.165, 1.54) is 4.90 Å². The van der Waals surface area contributed by atoms with Crippen molar-refractivity contribution >= 4 is 17.8 Å². The first-order valence-electron chi connectivity index (χ1n) is 10.7. The van der Waals surface area contributed by atoms with Crippen LogP contribution in [0.5, 0.6) is 5.75 Å². The van der Waals surface area contributed by atoms with E-state index < -0.39 is 5.54 Å². The molecule has 0 aliphatic carbocycles. The van der Waals surface area contributed by atoms with Crippen LogP contribution in [0.1, 0.15) is 25.3 Å². The van der Waals surface area contributed by atoms with E-state index in [4.69, 9.17) is 4.74 Å². The highest BCUT2D eigenvalue weighted by Gasteiger charge is 2.57. The van der Waals surface area contributed by atoms with E-state index in [0.29, 0.717) is 44.8 Å². The number of ether oxygens (including phenoxy) is 1. The van der Waals surface area contributed by atoms with E-state index in [2.05, 4.69) is 0 Å². The lowest BCUT2D eigenvalue weighted by Gasteiger charge is -2.42. The molecule has 2 aliphatic heterocycles. The Balaban J connectivity index is 1.45. The molecular formula is C24H27N3O4. The zero-order valence-electron chi connectivity index (χ0n) is 17.7. The van der Waals surface area contributed by atoms with Crippen molar-refractivity contribution < 1.29 is 19.1 Å². The molecule has 0 unspecified atom stereocenters. The van der Waals surface area contributed by atoms with Gasteiger partial charge >= 0.3 is 6.03 Å². The molecule has 1 spiro atoms. The zero-order chi connectivity index (χ0) is 21.8. The maximum absolute atomic E-state index is 13.2. The van der Waals surface area contributed by atoms with E-state index in [1.807, 2.05) is 67.6 Å². The lowest BCUT2D eigenvalue weighted by Crippen LogP contribution is -2.57. The van der Waals surface area contributed by atoms with Crippen molar-refractivity contribution in [3.8, 4) is 5.75 Å². The van der Waals surface area contributed by atoms with Crippen LogP contribution >= 0.6 is 0 Å². The summed E-state index contributed by atoms with van der Waals surface area (Å²) >= 11 is 0. The van der Waals surface area contributed by atoms with E-state index in [9.17, 15) is 14.4 Å². The lowest BCUT2D eigenvalue weighted by atomic mass is 9.85. The zero-order valence-corrected chi connectivity index (χ0v) is 17.7. The smallest absolute Gasteiger partial charge is 0.327 e. The SMILES string of the molecule is CCN1C(=O)N(Cc2ccccc2)C2(CCN(C(=O)COc3ccccc3)CC2)C1=O. The molecule has 0 bridgehead atoms. The molecule has 4 amide bonds. The van der Waals surface area contributed by atoms with Gasteiger partial charge in [0.2, 0.25) is 0 Å². The highest BCUT2D eigenvalue weighted by molar-refractivity contribution is 6.07.